The van der Waals surface area contributed by atoms with E-state index in [4.69, 9.17) is 16.3 Å². The molecule has 3 aromatic rings. The van der Waals surface area contributed by atoms with Gasteiger partial charge < -0.3 is 14.7 Å². The molecule has 156 valence electrons. The number of carbonyl (C=O) groups is 1. The summed E-state index contributed by atoms with van der Waals surface area (Å²) in [6.45, 7) is 2.58. The van der Waals surface area contributed by atoms with Crippen LogP contribution in [0.15, 0.2) is 84.9 Å². The Bertz CT molecular complexity index is 916. The molecule has 0 fully saturated rings. The first-order valence-corrected chi connectivity index (χ1v) is 10.5. The molecule has 0 aliphatic rings. The molecule has 0 aliphatic heterocycles. The summed E-state index contributed by atoms with van der Waals surface area (Å²) < 4.78 is 5.80. The molecule has 0 saturated heterocycles. The Morgan fingerprint density at radius 2 is 1.53 bits per heavy atom. The first-order chi connectivity index (χ1) is 14.6. The molecule has 4 nitrogen and oxygen atoms in total. The zero-order chi connectivity index (χ0) is 21.3. The lowest BCUT2D eigenvalue weighted by atomic mass is 10.0. The first kappa shape index (κ1) is 21.9. The minimum Gasteiger partial charge on any atom is -0.489 e. The SMILES string of the molecule is C[C@H](c1ccccc1)N(C[C@@H](O)c1ccc(OCc2ccccc2)cc1)C(=O)CCl. The van der Waals surface area contributed by atoms with Crippen molar-refractivity contribution in [1.82, 2.24) is 4.90 Å². The number of hydrogen-bond donors (Lipinski definition) is 1. The third-order valence-electron chi connectivity index (χ3n) is 5.07. The van der Waals surface area contributed by atoms with Crippen molar-refractivity contribution in [1.29, 1.82) is 0 Å². The summed E-state index contributed by atoms with van der Waals surface area (Å²) in [5, 5.41) is 10.8. The van der Waals surface area contributed by atoms with E-state index in [1.807, 2.05) is 91.9 Å². The molecule has 0 aliphatic carbocycles. The van der Waals surface area contributed by atoms with Crippen LogP contribution in [-0.4, -0.2) is 28.3 Å². The maximum Gasteiger partial charge on any atom is 0.238 e. The number of alkyl halides is 1. The zero-order valence-corrected chi connectivity index (χ0v) is 17.7. The fraction of sp³-hybridized carbons (Fsp3) is 0.240. The quantitative estimate of drug-likeness (QED) is 0.485. The number of aliphatic hydroxyl groups is 1. The number of carbonyl (C=O) groups excluding carboxylic acids is 1. The van der Waals surface area contributed by atoms with Gasteiger partial charge in [0.15, 0.2) is 0 Å². The summed E-state index contributed by atoms with van der Waals surface area (Å²) in [5.41, 5.74) is 2.80. The van der Waals surface area contributed by atoms with Gasteiger partial charge in [0.2, 0.25) is 5.91 Å². The third-order valence-corrected chi connectivity index (χ3v) is 5.30. The van der Waals surface area contributed by atoms with Crippen molar-refractivity contribution >= 4 is 17.5 Å². The predicted molar refractivity (Wildman–Crippen MR) is 119 cm³/mol. The highest BCUT2D eigenvalue weighted by atomic mass is 35.5. The lowest BCUT2D eigenvalue weighted by Gasteiger charge is -2.31. The highest BCUT2D eigenvalue weighted by Gasteiger charge is 2.24. The van der Waals surface area contributed by atoms with Gasteiger partial charge >= 0.3 is 0 Å². The van der Waals surface area contributed by atoms with Gasteiger partial charge in [-0.25, -0.2) is 0 Å². The topological polar surface area (TPSA) is 49.8 Å². The molecule has 0 heterocycles. The average Bonchev–Trinajstić information content (AvgIpc) is 2.81. The highest BCUT2D eigenvalue weighted by molar-refractivity contribution is 6.27. The largest absolute Gasteiger partial charge is 0.489 e. The van der Waals surface area contributed by atoms with Gasteiger partial charge in [-0.2, -0.15) is 0 Å². The molecular weight excluding hydrogens is 398 g/mol. The number of hydrogen-bond acceptors (Lipinski definition) is 3. The van der Waals surface area contributed by atoms with Crippen LogP contribution in [0, 0.1) is 0 Å². The van der Waals surface area contributed by atoms with Crippen LogP contribution in [-0.2, 0) is 11.4 Å². The van der Waals surface area contributed by atoms with Gasteiger partial charge in [-0.3, -0.25) is 4.79 Å². The maximum atomic E-state index is 12.4. The van der Waals surface area contributed by atoms with Gasteiger partial charge in [-0.15, -0.1) is 11.6 Å². The predicted octanol–water partition coefficient (Wildman–Crippen LogP) is 5.13. The second-order valence-electron chi connectivity index (χ2n) is 7.13. The number of benzene rings is 3. The molecule has 0 spiro atoms. The van der Waals surface area contributed by atoms with E-state index < -0.39 is 6.10 Å². The van der Waals surface area contributed by atoms with E-state index >= 15 is 0 Å². The Labute approximate surface area is 182 Å². The van der Waals surface area contributed by atoms with Gasteiger partial charge in [0.05, 0.1) is 18.7 Å². The summed E-state index contributed by atoms with van der Waals surface area (Å²) in [6, 6.07) is 26.8. The van der Waals surface area contributed by atoms with E-state index in [9.17, 15) is 9.90 Å². The molecule has 5 heteroatoms. The van der Waals surface area contributed by atoms with Crippen LogP contribution in [0.2, 0.25) is 0 Å². The van der Waals surface area contributed by atoms with Crippen molar-refractivity contribution in [3.05, 3.63) is 102 Å². The fourth-order valence-corrected chi connectivity index (χ4v) is 3.44. The Morgan fingerprint density at radius 3 is 2.13 bits per heavy atom. The fourth-order valence-electron chi connectivity index (χ4n) is 3.28. The molecule has 1 amide bonds. The van der Waals surface area contributed by atoms with Crippen LogP contribution in [0.4, 0.5) is 0 Å². The molecule has 3 aromatic carbocycles. The van der Waals surface area contributed by atoms with Crippen LogP contribution < -0.4 is 4.74 Å². The van der Waals surface area contributed by atoms with Gasteiger partial charge in [-0.05, 0) is 35.7 Å². The van der Waals surface area contributed by atoms with Crippen molar-refractivity contribution in [3.8, 4) is 5.75 Å². The number of aliphatic hydroxyl groups excluding tert-OH is 1. The highest BCUT2D eigenvalue weighted by Crippen LogP contribution is 2.25. The maximum absolute atomic E-state index is 12.4. The monoisotopic (exact) mass is 423 g/mol. The molecule has 30 heavy (non-hydrogen) atoms. The van der Waals surface area contributed by atoms with E-state index in [0.717, 1.165) is 22.4 Å². The van der Waals surface area contributed by atoms with Crippen molar-refractivity contribution in [2.75, 3.05) is 12.4 Å². The molecule has 0 aromatic heterocycles. The molecule has 0 radical (unpaired) electrons. The molecule has 1 N–H and O–H groups in total. The summed E-state index contributed by atoms with van der Waals surface area (Å²) in [5.74, 6) is 0.381. The van der Waals surface area contributed by atoms with Crippen LogP contribution >= 0.6 is 11.6 Å². The lowest BCUT2D eigenvalue weighted by Crippen LogP contribution is -2.37. The smallest absolute Gasteiger partial charge is 0.238 e. The van der Waals surface area contributed by atoms with Crippen LogP contribution in [0.1, 0.15) is 35.8 Å². The van der Waals surface area contributed by atoms with Gasteiger partial charge in [0, 0.05) is 0 Å². The number of amides is 1. The third kappa shape index (κ3) is 5.85. The normalized spacial score (nSPS) is 12.8. The molecule has 2 atom stereocenters. The molecule has 0 saturated carbocycles. The second kappa shape index (κ2) is 10.8. The van der Waals surface area contributed by atoms with E-state index in [-0.39, 0.29) is 24.4 Å². The number of halogens is 1. The molecule has 0 bridgehead atoms. The van der Waals surface area contributed by atoms with E-state index in [0.29, 0.717) is 6.61 Å². The van der Waals surface area contributed by atoms with Gasteiger partial charge in [-0.1, -0.05) is 72.8 Å². The van der Waals surface area contributed by atoms with E-state index in [1.165, 1.54) is 0 Å². The van der Waals surface area contributed by atoms with Gasteiger partial charge in [0.1, 0.15) is 18.2 Å². The van der Waals surface area contributed by atoms with Gasteiger partial charge in [0.25, 0.3) is 0 Å². The van der Waals surface area contributed by atoms with Crippen molar-refractivity contribution in [2.24, 2.45) is 0 Å². The lowest BCUT2D eigenvalue weighted by molar-refractivity contribution is -0.132. The summed E-state index contributed by atoms with van der Waals surface area (Å²) in [4.78, 5) is 14.0. The Balaban J connectivity index is 1.65. The molecule has 3 rings (SSSR count). The average molecular weight is 424 g/mol. The minimum absolute atomic E-state index is 0.129. The van der Waals surface area contributed by atoms with Crippen LogP contribution in [0.25, 0.3) is 0 Å². The number of rotatable bonds is 9. The Hall–Kier alpha value is -2.82. The summed E-state index contributed by atoms with van der Waals surface area (Å²) in [6.07, 6.45) is -0.827. The van der Waals surface area contributed by atoms with Crippen LogP contribution in [0.3, 0.4) is 0 Å². The second-order valence-corrected chi connectivity index (χ2v) is 7.39. The zero-order valence-electron chi connectivity index (χ0n) is 16.9. The summed E-state index contributed by atoms with van der Waals surface area (Å²) >= 11 is 5.82. The first-order valence-electron chi connectivity index (χ1n) is 9.93. The van der Waals surface area contributed by atoms with E-state index in [1.54, 1.807) is 4.90 Å². The van der Waals surface area contributed by atoms with E-state index in [2.05, 4.69) is 0 Å². The van der Waals surface area contributed by atoms with Crippen LogP contribution in [0.5, 0.6) is 5.75 Å². The van der Waals surface area contributed by atoms with Crippen molar-refractivity contribution in [2.45, 2.75) is 25.7 Å². The summed E-state index contributed by atoms with van der Waals surface area (Å²) in [7, 11) is 0. The Kier molecular flexibility index (Phi) is 7.89. The van der Waals surface area contributed by atoms with Crippen molar-refractivity contribution < 1.29 is 14.6 Å². The van der Waals surface area contributed by atoms with Crippen molar-refractivity contribution in [3.63, 3.8) is 0 Å². The standard InChI is InChI=1S/C25H26ClNO3/c1-19(21-10-6-3-7-11-21)27(25(29)16-26)17-24(28)22-12-14-23(15-13-22)30-18-20-8-4-2-5-9-20/h2-15,19,24,28H,16-18H2,1H3/t19-,24-/m1/s1. The number of ether oxygens (including phenoxy) is 1. The Morgan fingerprint density at radius 1 is 0.933 bits per heavy atom. The minimum atomic E-state index is -0.827. The molecular formula is C25H26ClNO3. The number of nitrogens with zero attached hydrogens (tertiary/aromatic N) is 1. The molecule has 0 unspecified atom stereocenters.